The first-order valence-electron chi connectivity index (χ1n) is 32.4. The van der Waals surface area contributed by atoms with E-state index < -0.39 is 12.1 Å². The Labute approximate surface area is 455 Å². The molecule has 0 saturated heterocycles. The van der Waals surface area contributed by atoms with Crippen LogP contribution in [0.5, 0.6) is 0 Å². The SMILES string of the molecule is CCCCC/C=C\C/C=C\CCCCCCCC(=O)OCCCCCCCCCCCCC/C=C\CCCCCCCCCC(=O)NC(CO)C(O)/C=C/CCCCCCCCCCCCCCCCCCC. The van der Waals surface area contributed by atoms with Crippen LogP contribution in [0.15, 0.2) is 48.6 Å². The maximum Gasteiger partial charge on any atom is 0.305 e. The Bertz CT molecular complexity index is 1230. The van der Waals surface area contributed by atoms with Crippen LogP contribution in [0.1, 0.15) is 341 Å². The summed E-state index contributed by atoms with van der Waals surface area (Å²) >= 11 is 0. The van der Waals surface area contributed by atoms with Crippen LogP contribution >= 0.6 is 0 Å². The molecule has 2 unspecified atom stereocenters. The van der Waals surface area contributed by atoms with E-state index in [-0.39, 0.29) is 18.5 Å². The molecule has 0 rings (SSSR count). The average molecular weight is 1020 g/mol. The van der Waals surface area contributed by atoms with E-state index >= 15 is 0 Å². The molecule has 3 N–H and O–H groups in total. The van der Waals surface area contributed by atoms with Crippen LogP contribution in [0, 0.1) is 0 Å². The van der Waals surface area contributed by atoms with Crippen LogP contribution in [-0.4, -0.2) is 47.4 Å². The second-order valence-electron chi connectivity index (χ2n) is 22.1. The van der Waals surface area contributed by atoms with E-state index in [0.29, 0.717) is 19.4 Å². The first kappa shape index (κ1) is 70.8. The van der Waals surface area contributed by atoms with Crippen LogP contribution in [-0.2, 0) is 14.3 Å². The van der Waals surface area contributed by atoms with Gasteiger partial charge in [-0.2, -0.15) is 0 Å². The van der Waals surface area contributed by atoms with Gasteiger partial charge in [0.05, 0.1) is 25.4 Å². The average Bonchev–Trinajstić information content (AvgIpc) is 3.39. The second-order valence-corrected chi connectivity index (χ2v) is 22.1. The van der Waals surface area contributed by atoms with Gasteiger partial charge in [-0.05, 0) is 89.9 Å². The van der Waals surface area contributed by atoms with Crippen molar-refractivity contribution in [3.63, 3.8) is 0 Å². The fourth-order valence-corrected chi connectivity index (χ4v) is 9.84. The van der Waals surface area contributed by atoms with Crippen molar-refractivity contribution in [2.24, 2.45) is 0 Å². The van der Waals surface area contributed by atoms with E-state index in [4.69, 9.17) is 4.74 Å². The lowest BCUT2D eigenvalue weighted by Crippen LogP contribution is -2.45. The number of ether oxygens (including phenoxy) is 1. The van der Waals surface area contributed by atoms with Crippen LogP contribution in [0.25, 0.3) is 0 Å². The molecule has 0 aromatic rings. The molecule has 0 aliphatic heterocycles. The molecule has 0 aliphatic rings. The molecule has 73 heavy (non-hydrogen) atoms. The molecule has 0 aliphatic carbocycles. The zero-order valence-corrected chi connectivity index (χ0v) is 48.9. The molecule has 2 atom stereocenters. The number of hydrogen-bond donors (Lipinski definition) is 3. The van der Waals surface area contributed by atoms with Gasteiger partial charge >= 0.3 is 5.97 Å². The zero-order valence-electron chi connectivity index (χ0n) is 48.9. The van der Waals surface area contributed by atoms with Gasteiger partial charge in [0.1, 0.15) is 0 Å². The number of rotatable bonds is 60. The van der Waals surface area contributed by atoms with Crippen molar-refractivity contribution in [1.29, 1.82) is 0 Å². The summed E-state index contributed by atoms with van der Waals surface area (Å²) in [6.07, 6.45) is 80.1. The van der Waals surface area contributed by atoms with Gasteiger partial charge in [0.15, 0.2) is 0 Å². The smallest absolute Gasteiger partial charge is 0.305 e. The first-order chi connectivity index (χ1) is 36.0. The van der Waals surface area contributed by atoms with Gasteiger partial charge < -0.3 is 20.3 Å². The third-order valence-corrected chi connectivity index (χ3v) is 14.8. The Balaban J connectivity index is 3.46. The number of carbonyl (C=O) groups excluding carboxylic acids is 2. The van der Waals surface area contributed by atoms with Crippen LogP contribution in [0.2, 0.25) is 0 Å². The van der Waals surface area contributed by atoms with E-state index in [1.165, 1.54) is 257 Å². The molecule has 0 fully saturated rings. The second kappa shape index (κ2) is 62.4. The predicted molar refractivity (Wildman–Crippen MR) is 319 cm³/mol. The van der Waals surface area contributed by atoms with Crippen molar-refractivity contribution in [3.8, 4) is 0 Å². The molecule has 1 amide bonds. The molecule has 0 radical (unpaired) electrons. The summed E-state index contributed by atoms with van der Waals surface area (Å²) in [5, 5.41) is 23.2. The molecular weight excluding hydrogens is 899 g/mol. The first-order valence-corrected chi connectivity index (χ1v) is 32.4. The summed E-state index contributed by atoms with van der Waals surface area (Å²) in [4.78, 5) is 24.5. The Hall–Kier alpha value is -2.18. The van der Waals surface area contributed by atoms with Crippen molar-refractivity contribution in [1.82, 2.24) is 5.32 Å². The molecule has 0 bridgehead atoms. The van der Waals surface area contributed by atoms with Gasteiger partial charge in [-0.3, -0.25) is 9.59 Å². The van der Waals surface area contributed by atoms with Crippen molar-refractivity contribution >= 4 is 11.9 Å². The lowest BCUT2D eigenvalue weighted by Gasteiger charge is -2.20. The highest BCUT2D eigenvalue weighted by atomic mass is 16.5. The number of aliphatic hydroxyl groups excluding tert-OH is 2. The number of nitrogens with one attached hydrogen (secondary N) is 1. The predicted octanol–water partition coefficient (Wildman–Crippen LogP) is 20.5. The lowest BCUT2D eigenvalue weighted by molar-refractivity contribution is -0.143. The zero-order chi connectivity index (χ0) is 52.9. The number of hydrogen-bond acceptors (Lipinski definition) is 5. The summed E-state index contributed by atoms with van der Waals surface area (Å²) in [5.41, 5.74) is 0. The minimum atomic E-state index is -0.850. The normalized spacial score (nSPS) is 12.9. The molecule has 0 heterocycles. The molecular formula is C67H125NO5. The Morgan fingerprint density at radius 3 is 1.08 bits per heavy atom. The van der Waals surface area contributed by atoms with Gasteiger partial charge in [-0.25, -0.2) is 0 Å². The standard InChI is InChI=1S/C67H125NO5/c1-3-5-7-9-11-13-15-17-19-20-25-28-32-35-39-43-47-51-55-59-65(70)64(63-69)68-66(71)60-56-52-48-44-40-36-33-29-26-23-21-22-24-27-30-34-38-42-46-50-54-58-62-73-67(72)61-57-53-49-45-41-37-31-18-16-14-12-10-8-6-4-2/h12,14,18,23,26,31,55,59,64-65,69-70H,3-11,13,15-17,19-22,24-25,27-30,32-54,56-58,60-63H2,1-2H3,(H,68,71)/b14-12-,26-23-,31-18-,59-55+. The van der Waals surface area contributed by atoms with E-state index in [1.54, 1.807) is 6.08 Å². The minimum absolute atomic E-state index is 0.00472. The van der Waals surface area contributed by atoms with Crippen LogP contribution < -0.4 is 5.32 Å². The summed E-state index contributed by atoms with van der Waals surface area (Å²) in [6, 6.07) is -0.635. The van der Waals surface area contributed by atoms with E-state index in [1.807, 2.05) is 6.08 Å². The van der Waals surface area contributed by atoms with E-state index in [0.717, 1.165) is 57.8 Å². The highest BCUT2D eigenvalue weighted by Crippen LogP contribution is 2.17. The molecule has 6 nitrogen and oxygen atoms in total. The fraction of sp³-hybridized carbons (Fsp3) is 0.851. The molecule has 6 heteroatoms. The monoisotopic (exact) mass is 1020 g/mol. The summed E-state index contributed by atoms with van der Waals surface area (Å²) in [6.45, 7) is 4.88. The number of amides is 1. The number of carbonyl (C=O) groups is 2. The maximum absolute atomic E-state index is 12.5. The number of aliphatic hydroxyl groups is 2. The quantitative estimate of drug-likeness (QED) is 0.0320. The van der Waals surface area contributed by atoms with Crippen molar-refractivity contribution in [2.75, 3.05) is 13.2 Å². The summed E-state index contributed by atoms with van der Waals surface area (Å²) in [5.74, 6) is -0.0780. The Kier molecular flexibility index (Phi) is 60.5. The molecule has 428 valence electrons. The Morgan fingerprint density at radius 2 is 0.685 bits per heavy atom. The summed E-state index contributed by atoms with van der Waals surface area (Å²) in [7, 11) is 0. The highest BCUT2D eigenvalue weighted by molar-refractivity contribution is 5.76. The van der Waals surface area contributed by atoms with Gasteiger partial charge in [0, 0.05) is 12.8 Å². The van der Waals surface area contributed by atoms with E-state index in [2.05, 4.69) is 55.6 Å². The highest BCUT2D eigenvalue weighted by Gasteiger charge is 2.18. The van der Waals surface area contributed by atoms with Gasteiger partial charge in [0.25, 0.3) is 0 Å². The fourth-order valence-electron chi connectivity index (χ4n) is 9.84. The van der Waals surface area contributed by atoms with Crippen LogP contribution in [0.4, 0.5) is 0 Å². The third kappa shape index (κ3) is 58.9. The molecule has 0 aromatic heterocycles. The van der Waals surface area contributed by atoms with Gasteiger partial charge in [0.2, 0.25) is 5.91 Å². The Morgan fingerprint density at radius 1 is 0.384 bits per heavy atom. The van der Waals surface area contributed by atoms with Crippen molar-refractivity contribution in [3.05, 3.63) is 48.6 Å². The number of allylic oxidation sites excluding steroid dienone is 7. The largest absolute Gasteiger partial charge is 0.466 e. The molecule has 0 saturated carbocycles. The van der Waals surface area contributed by atoms with Gasteiger partial charge in [-0.15, -0.1) is 0 Å². The van der Waals surface area contributed by atoms with Crippen molar-refractivity contribution in [2.45, 2.75) is 353 Å². The third-order valence-electron chi connectivity index (χ3n) is 14.8. The molecule has 0 aromatic carbocycles. The summed E-state index contributed by atoms with van der Waals surface area (Å²) < 4.78 is 5.48. The topological polar surface area (TPSA) is 95.9 Å². The lowest BCUT2D eigenvalue weighted by atomic mass is 10.0. The molecule has 0 spiro atoms. The van der Waals surface area contributed by atoms with E-state index in [9.17, 15) is 19.8 Å². The van der Waals surface area contributed by atoms with Gasteiger partial charge in [-0.1, -0.05) is 287 Å². The van der Waals surface area contributed by atoms with Crippen molar-refractivity contribution < 1.29 is 24.5 Å². The minimum Gasteiger partial charge on any atom is -0.466 e. The number of unbranched alkanes of at least 4 members (excludes halogenated alkanes) is 43. The number of esters is 1. The van der Waals surface area contributed by atoms with Crippen LogP contribution in [0.3, 0.4) is 0 Å². The maximum atomic E-state index is 12.5.